The van der Waals surface area contributed by atoms with E-state index >= 15 is 0 Å². The second-order valence-corrected chi connectivity index (χ2v) is 5.90. The lowest BCUT2D eigenvalue weighted by molar-refractivity contribution is 0.134. The molecule has 104 valence electrons. The summed E-state index contributed by atoms with van der Waals surface area (Å²) in [7, 11) is 0. The lowest BCUT2D eigenvalue weighted by Crippen LogP contribution is -2.38. The number of likely N-dealkylation sites (tertiary alicyclic amines) is 1. The zero-order chi connectivity index (χ0) is 14.0. The molecule has 1 fully saturated rings. The van der Waals surface area contributed by atoms with Crippen molar-refractivity contribution in [3.05, 3.63) is 35.1 Å². The van der Waals surface area contributed by atoms with Crippen molar-refractivity contribution < 1.29 is 4.39 Å². The summed E-state index contributed by atoms with van der Waals surface area (Å²) in [4.78, 5) is 2.36. The zero-order valence-electron chi connectivity index (χ0n) is 11.6. The molecule has 1 aromatic carbocycles. The first-order valence-corrected chi connectivity index (χ1v) is 6.80. The van der Waals surface area contributed by atoms with Crippen LogP contribution in [0, 0.1) is 23.1 Å². The van der Waals surface area contributed by atoms with Gasteiger partial charge in [0.05, 0.1) is 0 Å². The lowest BCUT2D eigenvalue weighted by Gasteiger charge is -2.35. The molecular weight excluding hydrogens is 241 g/mol. The molecule has 0 radical (unpaired) electrons. The number of amidine groups is 1. The normalized spacial score (nSPS) is 24.4. The fraction of sp³-hybridized carbons (Fsp3) is 0.533. The Kier molecular flexibility index (Phi) is 4.20. The molecule has 0 amide bonds. The molecule has 1 aliphatic rings. The lowest BCUT2D eigenvalue weighted by atomic mass is 9.91. The Morgan fingerprint density at radius 1 is 1.32 bits per heavy atom. The van der Waals surface area contributed by atoms with Crippen LogP contribution in [0.3, 0.4) is 0 Å². The van der Waals surface area contributed by atoms with Crippen LogP contribution in [0.4, 0.5) is 4.39 Å². The van der Waals surface area contributed by atoms with Gasteiger partial charge in [-0.1, -0.05) is 13.8 Å². The first-order valence-electron chi connectivity index (χ1n) is 6.80. The van der Waals surface area contributed by atoms with Crippen molar-refractivity contribution in [2.75, 3.05) is 13.1 Å². The van der Waals surface area contributed by atoms with E-state index in [0.29, 0.717) is 17.4 Å². The van der Waals surface area contributed by atoms with Gasteiger partial charge in [-0.2, -0.15) is 0 Å². The fourth-order valence-corrected chi connectivity index (χ4v) is 3.08. The SMILES string of the molecule is CC1CC(C)CN(Cc2cc(F)cc(C(=N)N)c2)C1. The third-order valence-corrected chi connectivity index (χ3v) is 3.62. The van der Waals surface area contributed by atoms with Gasteiger partial charge in [0, 0.05) is 25.2 Å². The third-order valence-electron chi connectivity index (χ3n) is 3.62. The van der Waals surface area contributed by atoms with Crippen molar-refractivity contribution in [1.82, 2.24) is 4.90 Å². The quantitative estimate of drug-likeness (QED) is 0.650. The maximum atomic E-state index is 13.5. The molecule has 3 nitrogen and oxygen atoms in total. The van der Waals surface area contributed by atoms with Gasteiger partial charge in [0.2, 0.25) is 0 Å². The number of hydrogen-bond acceptors (Lipinski definition) is 2. The van der Waals surface area contributed by atoms with Crippen molar-refractivity contribution in [2.45, 2.75) is 26.8 Å². The van der Waals surface area contributed by atoms with Crippen LogP contribution in [-0.4, -0.2) is 23.8 Å². The van der Waals surface area contributed by atoms with E-state index in [-0.39, 0.29) is 11.7 Å². The van der Waals surface area contributed by atoms with Crippen LogP contribution < -0.4 is 5.73 Å². The average Bonchev–Trinajstić information content (AvgIpc) is 2.26. The van der Waals surface area contributed by atoms with Gasteiger partial charge in [-0.05, 0) is 42.0 Å². The van der Waals surface area contributed by atoms with Gasteiger partial charge in [0.25, 0.3) is 0 Å². The van der Waals surface area contributed by atoms with Crippen molar-refractivity contribution in [1.29, 1.82) is 5.41 Å². The Balaban J connectivity index is 2.12. The number of nitrogens with one attached hydrogen (secondary N) is 1. The molecule has 0 aromatic heterocycles. The molecule has 1 aromatic rings. The predicted octanol–water partition coefficient (Wildman–Crippen LogP) is 2.59. The molecular formula is C15H22FN3. The highest BCUT2D eigenvalue weighted by atomic mass is 19.1. The smallest absolute Gasteiger partial charge is 0.124 e. The fourth-order valence-electron chi connectivity index (χ4n) is 3.08. The Bertz CT molecular complexity index is 462. The molecule has 19 heavy (non-hydrogen) atoms. The van der Waals surface area contributed by atoms with Crippen molar-refractivity contribution >= 4 is 5.84 Å². The van der Waals surface area contributed by atoms with Gasteiger partial charge in [-0.15, -0.1) is 0 Å². The minimum absolute atomic E-state index is 0.0823. The largest absolute Gasteiger partial charge is 0.384 e. The molecule has 4 heteroatoms. The highest BCUT2D eigenvalue weighted by molar-refractivity contribution is 5.95. The molecule has 1 heterocycles. The number of hydrogen-bond donors (Lipinski definition) is 2. The summed E-state index contributed by atoms with van der Waals surface area (Å²) in [6.07, 6.45) is 1.26. The molecule has 3 N–H and O–H groups in total. The number of piperidine rings is 1. The monoisotopic (exact) mass is 263 g/mol. The van der Waals surface area contributed by atoms with Gasteiger partial charge in [-0.25, -0.2) is 4.39 Å². The maximum Gasteiger partial charge on any atom is 0.124 e. The van der Waals surface area contributed by atoms with Crippen LogP contribution in [0.15, 0.2) is 18.2 Å². The highest BCUT2D eigenvalue weighted by Gasteiger charge is 2.21. The van der Waals surface area contributed by atoms with Crippen LogP contribution >= 0.6 is 0 Å². The molecule has 2 atom stereocenters. The van der Waals surface area contributed by atoms with Gasteiger partial charge in [0.15, 0.2) is 0 Å². The topological polar surface area (TPSA) is 53.1 Å². The van der Waals surface area contributed by atoms with Crippen LogP contribution in [-0.2, 0) is 6.54 Å². The zero-order valence-corrected chi connectivity index (χ0v) is 11.6. The number of nitrogens with two attached hydrogens (primary N) is 1. The summed E-state index contributed by atoms with van der Waals surface area (Å²) in [5, 5.41) is 7.41. The van der Waals surface area contributed by atoms with E-state index in [0.717, 1.165) is 25.2 Å². The van der Waals surface area contributed by atoms with E-state index in [9.17, 15) is 4.39 Å². The van der Waals surface area contributed by atoms with Gasteiger partial charge in [-0.3, -0.25) is 10.3 Å². The van der Waals surface area contributed by atoms with E-state index < -0.39 is 0 Å². The summed E-state index contributed by atoms with van der Waals surface area (Å²) in [6, 6.07) is 4.67. The first kappa shape index (κ1) is 14.0. The number of benzene rings is 1. The maximum absolute atomic E-state index is 13.5. The van der Waals surface area contributed by atoms with Crippen LogP contribution in [0.1, 0.15) is 31.4 Å². The predicted molar refractivity (Wildman–Crippen MR) is 75.6 cm³/mol. The van der Waals surface area contributed by atoms with Crippen molar-refractivity contribution in [3.8, 4) is 0 Å². The summed E-state index contributed by atoms with van der Waals surface area (Å²) < 4.78 is 13.5. The summed E-state index contributed by atoms with van der Waals surface area (Å²) in [5.74, 6) is 0.969. The molecule has 1 saturated heterocycles. The molecule has 0 bridgehead atoms. The first-order chi connectivity index (χ1) is 8.94. The Labute approximate surface area is 114 Å². The number of nitrogen functional groups attached to an aromatic ring is 1. The highest BCUT2D eigenvalue weighted by Crippen LogP contribution is 2.23. The minimum Gasteiger partial charge on any atom is -0.384 e. The van der Waals surface area contributed by atoms with E-state index in [1.807, 2.05) is 6.07 Å². The average molecular weight is 263 g/mol. The van der Waals surface area contributed by atoms with Crippen molar-refractivity contribution in [3.63, 3.8) is 0 Å². The second-order valence-electron chi connectivity index (χ2n) is 5.90. The summed E-state index contributed by atoms with van der Waals surface area (Å²) >= 11 is 0. The Morgan fingerprint density at radius 3 is 2.53 bits per heavy atom. The van der Waals surface area contributed by atoms with Crippen LogP contribution in [0.25, 0.3) is 0 Å². The van der Waals surface area contributed by atoms with Gasteiger partial charge < -0.3 is 5.73 Å². The van der Waals surface area contributed by atoms with E-state index in [1.54, 1.807) is 0 Å². The molecule has 1 aliphatic heterocycles. The number of rotatable bonds is 3. The number of nitrogens with zero attached hydrogens (tertiary/aromatic N) is 1. The van der Waals surface area contributed by atoms with Crippen molar-refractivity contribution in [2.24, 2.45) is 17.6 Å². The Hall–Kier alpha value is -1.42. The molecule has 2 unspecified atom stereocenters. The van der Waals surface area contributed by atoms with E-state index in [1.165, 1.54) is 18.6 Å². The molecule has 0 spiro atoms. The van der Waals surface area contributed by atoms with Crippen LogP contribution in [0.5, 0.6) is 0 Å². The molecule has 0 saturated carbocycles. The number of halogens is 1. The Morgan fingerprint density at radius 2 is 1.95 bits per heavy atom. The van der Waals surface area contributed by atoms with E-state index in [4.69, 9.17) is 11.1 Å². The molecule has 0 aliphatic carbocycles. The van der Waals surface area contributed by atoms with E-state index in [2.05, 4.69) is 18.7 Å². The molecule has 2 rings (SSSR count). The summed E-state index contributed by atoms with van der Waals surface area (Å²) in [6.45, 7) is 7.35. The van der Waals surface area contributed by atoms with Gasteiger partial charge in [0.1, 0.15) is 11.7 Å². The van der Waals surface area contributed by atoms with Gasteiger partial charge >= 0.3 is 0 Å². The second kappa shape index (κ2) is 5.70. The third kappa shape index (κ3) is 3.77. The summed E-state index contributed by atoms with van der Waals surface area (Å²) in [5.41, 5.74) is 6.79. The minimum atomic E-state index is -0.319. The van der Waals surface area contributed by atoms with Crippen LogP contribution in [0.2, 0.25) is 0 Å². The standard InChI is InChI=1S/C15H22FN3/c1-10-3-11(2)8-19(7-10)9-12-4-13(15(17)18)6-14(16)5-12/h4-6,10-11H,3,7-9H2,1-2H3,(H3,17,18).